The van der Waals surface area contributed by atoms with Crippen molar-refractivity contribution in [2.45, 2.75) is 6.61 Å². The molecule has 144 valence electrons. The lowest BCUT2D eigenvalue weighted by atomic mass is 10.2. The molecule has 3 rings (SSSR count). The summed E-state index contributed by atoms with van der Waals surface area (Å²) in [5.41, 5.74) is 12.0. The quantitative estimate of drug-likeness (QED) is 0.356. The van der Waals surface area contributed by atoms with Crippen molar-refractivity contribution < 1.29 is 13.8 Å². The highest BCUT2D eigenvalue weighted by Gasteiger charge is 2.11. The number of halogens is 3. The molecule has 0 aliphatic carbocycles. The molecule has 0 atom stereocenters. The Labute approximate surface area is 168 Å². The minimum atomic E-state index is -0.465. The number of nitrogens with two attached hydrogens (primary N) is 2. The van der Waals surface area contributed by atoms with Gasteiger partial charge in [-0.25, -0.2) is 9.02 Å². The molecule has 0 fully saturated rings. The number of rotatable bonds is 6. The van der Waals surface area contributed by atoms with Crippen LogP contribution in [0.25, 0.3) is 0 Å². The molecule has 0 unspecified atom stereocenters. The van der Waals surface area contributed by atoms with Crippen molar-refractivity contribution in [3.05, 3.63) is 69.1 Å². The molecule has 0 spiro atoms. The Bertz CT molecular complexity index is 1030. The zero-order chi connectivity index (χ0) is 20.1. The lowest BCUT2D eigenvalue weighted by Gasteiger charge is -2.11. The third-order valence-corrected chi connectivity index (χ3v) is 4.11. The molecule has 0 saturated heterocycles. The molecule has 2 aromatic carbocycles. The Kier molecular flexibility index (Phi) is 6.07. The van der Waals surface area contributed by atoms with Crippen molar-refractivity contribution in [1.29, 1.82) is 0 Å². The Morgan fingerprint density at radius 2 is 2.07 bits per heavy atom. The molecular weight excluding hydrogens is 410 g/mol. The van der Waals surface area contributed by atoms with Crippen LogP contribution in [0.5, 0.6) is 5.75 Å². The molecule has 0 amide bonds. The first-order valence-electron chi connectivity index (χ1n) is 7.76. The van der Waals surface area contributed by atoms with Crippen molar-refractivity contribution >= 4 is 41.1 Å². The average Bonchev–Trinajstić information content (AvgIpc) is 3.08. The minimum Gasteiger partial charge on any atom is -0.488 e. The maximum atomic E-state index is 13.9. The molecule has 8 nitrogen and oxygen atoms in total. The monoisotopic (exact) mass is 422 g/mol. The molecule has 0 aliphatic heterocycles. The number of aromatic nitrogens is 2. The van der Waals surface area contributed by atoms with Gasteiger partial charge in [0.25, 0.3) is 0 Å². The molecular formula is C17H13Cl2FN6O2. The minimum absolute atomic E-state index is 0.00926. The van der Waals surface area contributed by atoms with Crippen LogP contribution in [0.4, 0.5) is 10.2 Å². The summed E-state index contributed by atoms with van der Waals surface area (Å²) in [5, 5.41) is 15.3. The molecule has 0 saturated carbocycles. The number of hydrogen-bond acceptors (Lipinski definition) is 7. The standard InChI is InChI=1S/C17H13Cl2FN6O2/c18-10-4-5-14(27-8-11-12(19)2-1-3-13(11)20)9(6-10)7-23-24-16(21)15-17(22)26-28-25-15/h1-7H,8H2,(H2,21,24)(H2,22,26)/b23-7-. The summed E-state index contributed by atoms with van der Waals surface area (Å²) in [6.07, 6.45) is 1.36. The van der Waals surface area contributed by atoms with Crippen LogP contribution in [0, 0.1) is 5.82 Å². The van der Waals surface area contributed by atoms with Gasteiger partial charge in [-0.05, 0) is 40.6 Å². The van der Waals surface area contributed by atoms with E-state index in [4.69, 9.17) is 39.4 Å². The van der Waals surface area contributed by atoms with Crippen LogP contribution in [0.15, 0.2) is 51.2 Å². The van der Waals surface area contributed by atoms with Gasteiger partial charge in [0.15, 0.2) is 17.3 Å². The van der Waals surface area contributed by atoms with Crippen LogP contribution in [-0.2, 0) is 6.61 Å². The van der Waals surface area contributed by atoms with E-state index >= 15 is 0 Å². The molecule has 0 aliphatic rings. The first-order valence-corrected chi connectivity index (χ1v) is 8.51. The zero-order valence-corrected chi connectivity index (χ0v) is 15.7. The SMILES string of the molecule is NC(=N/N=C\c1cc(Cl)ccc1OCc1c(F)cccc1Cl)c1nonc1N. The third-order valence-electron chi connectivity index (χ3n) is 3.52. The third kappa shape index (κ3) is 4.56. The van der Waals surface area contributed by atoms with E-state index in [0.717, 1.165) is 0 Å². The second-order valence-electron chi connectivity index (χ2n) is 5.40. The van der Waals surface area contributed by atoms with Gasteiger partial charge < -0.3 is 16.2 Å². The van der Waals surface area contributed by atoms with Crippen LogP contribution >= 0.6 is 23.2 Å². The highest BCUT2D eigenvalue weighted by Crippen LogP contribution is 2.25. The van der Waals surface area contributed by atoms with E-state index in [1.807, 2.05) is 0 Å². The Morgan fingerprint density at radius 3 is 2.79 bits per heavy atom. The number of nitrogen functional groups attached to an aromatic ring is 1. The lowest BCUT2D eigenvalue weighted by molar-refractivity contribution is 0.299. The topological polar surface area (TPSA) is 125 Å². The average molecular weight is 423 g/mol. The van der Waals surface area contributed by atoms with Crippen molar-refractivity contribution in [2.75, 3.05) is 5.73 Å². The summed E-state index contributed by atoms with van der Waals surface area (Å²) in [5.74, 6) is -0.167. The number of anilines is 1. The number of amidine groups is 1. The van der Waals surface area contributed by atoms with Gasteiger partial charge in [0, 0.05) is 16.1 Å². The summed E-state index contributed by atoms with van der Waals surface area (Å²) in [4.78, 5) is 0. The van der Waals surface area contributed by atoms with Gasteiger partial charge in [-0.1, -0.05) is 29.3 Å². The molecule has 28 heavy (non-hydrogen) atoms. The first kappa shape index (κ1) is 19.6. The van der Waals surface area contributed by atoms with Crippen LogP contribution in [-0.4, -0.2) is 22.4 Å². The summed E-state index contributed by atoms with van der Waals surface area (Å²) in [7, 11) is 0. The molecule has 11 heteroatoms. The largest absolute Gasteiger partial charge is 0.488 e. The molecule has 0 radical (unpaired) electrons. The summed E-state index contributed by atoms with van der Waals surface area (Å²) < 4.78 is 24.0. The van der Waals surface area contributed by atoms with Crippen molar-refractivity contribution in [3.63, 3.8) is 0 Å². The second kappa shape index (κ2) is 8.68. The maximum absolute atomic E-state index is 13.9. The van der Waals surface area contributed by atoms with Crippen LogP contribution in [0.3, 0.4) is 0 Å². The van der Waals surface area contributed by atoms with E-state index in [9.17, 15) is 4.39 Å². The van der Waals surface area contributed by atoms with Gasteiger partial charge in [-0.3, -0.25) is 0 Å². The summed E-state index contributed by atoms with van der Waals surface area (Å²) in [6.45, 7) is -0.0828. The molecule has 3 aromatic rings. The summed E-state index contributed by atoms with van der Waals surface area (Å²) >= 11 is 12.0. The van der Waals surface area contributed by atoms with Crippen LogP contribution < -0.4 is 16.2 Å². The number of nitrogens with zero attached hydrogens (tertiary/aromatic N) is 4. The predicted octanol–water partition coefficient (Wildman–Crippen LogP) is 3.42. The van der Waals surface area contributed by atoms with E-state index in [2.05, 4.69) is 25.1 Å². The first-order chi connectivity index (χ1) is 13.5. The molecule has 4 N–H and O–H groups in total. The second-order valence-corrected chi connectivity index (χ2v) is 6.24. The Hall–Kier alpha value is -3.17. The number of benzene rings is 2. The van der Waals surface area contributed by atoms with Crippen LogP contribution in [0.1, 0.15) is 16.8 Å². The lowest BCUT2D eigenvalue weighted by Crippen LogP contribution is -2.15. The summed E-state index contributed by atoms with van der Waals surface area (Å²) in [6, 6.07) is 9.23. The predicted molar refractivity (Wildman–Crippen MR) is 104 cm³/mol. The van der Waals surface area contributed by atoms with Gasteiger partial charge in [0.05, 0.1) is 11.2 Å². The fraction of sp³-hybridized carbons (Fsp3) is 0.0588. The van der Waals surface area contributed by atoms with Gasteiger partial charge in [-0.15, -0.1) is 5.10 Å². The molecule has 0 bridgehead atoms. The molecule has 1 aromatic heterocycles. The highest BCUT2D eigenvalue weighted by molar-refractivity contribution is 6.31. The normalized spacial score (nSPS) is 11.9. The van der Waals surface area contributed by atoms with Gasteiger partial charge in [0.1, 0.15) is 18.2 Å². The van der Waals surface area contributed by atoms with Crippen LogP contribution in [0.2, 0.25) is 10.0 Å². The van der Waals surface area contributed by atoms with Gasteiger partial charge in [-0.2, -0.15) is 5.10 Å². The zero-order valence-electron chi connectivity index (χ0n) is 14.1. The fourth-order valence-electron chi connectivity index (χ4n) is 2.15. The van der Waals surface area contributed by atoms with E-state index in [0.29, 0.717) is 16.3 Å². The van der Waals surface area contributed by atoms with Crippen molar-refractivity contribution in [3.8, 4) is 5.75 Å². The van der Waals surface area contributed by atoms with Gasteiger partial charge in [0.2, 0.25) is 0 Å². The number of ether oxygens (including phenoxy) is 1. The van der Waals surface area contributed by atoms with Crippen molar-refractivity contribution in [2.24, 2.45) is 15.9 Å². The maximum Gasteiger partial charge on any atom is 0.199 e. The van der Waals surface area contributed by atoms with E-state index in [1.165, 1.54) is 18.3 Å². The smallest absolute Gasteiger partial charge is 0.199 e. The Balaban J connectivity index is 1.80. The van der Waals surface area contributed by atoms with E-state index in [1.54, 1.807) is 24.3 Å². The van der Waals surface area contributed by atoms with E-state index in [-0.39, 0.29) is 34.5 Å². The van der Waals surface area contributed by atoms with E-state index < -0.39 is 5.82 Å². The molecule has 1 heterocycles. The fourth-order valence-corrected chi connectivity index (χ4v) is 2.54. The van der Waals surface area contributed by atoms with Crippen molar-refractivity contribution in [1.82, 2.24) is 10.3 Å². The Morgan fingerprint density at radius 1 is 1.25 bits per heavy atom. The van der Waals surface area contributed by atoms with Gasteiger partial charge >= 0.3 is 0 Å². The highest BCUT2D eigenvalue weighted by atomic mass is 35.5. The number of hydrogen-bond donors (Lipinski definition) is 2.